The molecule has 3 saturated heterocycles. The molecule has 3 aromatic carbocycles. The van der Waals surface area contributed by atoms with Crippen LogP contribution in [0.5, 0.6) is 6.01 Å². The fraction of sp³-hybridized carbons (Fsp3) is 0.357. The van der Waals surface area contributed by atoms with Gasteiger partial charge in [-0.1, -0.05) is 31.2 Å². The van der Waals surface area contributed by atoms with Gasteiger partial charge in [-0.25, -0.2) is 32.1 Å². The molecule has 24 heteroatoms. The Labute approximate surface area is 461 Å². The normalized spacial score (nSPS) is 21.7. The average molecular weight is 1130 g/mol. The third kappa shape index (κ3) is 8.36. The quantitative estimate of drug-likeness (QED) is 0.0661. The zero-order chi connectivity index (χ0) is 56.4. The van der Waals surface area contributed by atoms with Gasteiger partial charge in [0.1, 0.15) is 59.5 Å². The number of ether oxygens (including phenoxy) is 3. The summed E-state index contributed by atoms with van der Waals surface area (Å²) in [5.74, 6) is -3.59. The van der Waals surface area contributed by atoms with Crippen molar-refractivity contribution in [1.82, 2.24) is 29.3 Å². The second-order valence-corrected chi connectivity index (χ2v) is 22.5. The van der Waals surface area contributed by atoms with Gasteiger partial charge in [-0.3, -0.25) is 19.8 Å². The van der Waals surface area contributed by atoms with E-state index in [-0.39, 0.29) is 146 Å². The topological polar surface area (TPSA) is 231 Å². The number of anilines is 3. The second-order valence-electron chi connectivity index (χ2n) is 21.0. The number of benzene rings is 3. The molecule has 18 nitrogen and oxygen atoms in total. The fourth-order valence-electron chi connectivity index (χ4n) is 12.2. The second kappa shape index (κ2) is 19.4. The van der Waals surface area contributed by atoms with Crippen LogP contribution in [0.1, 0.15) is 68.7 Å². The number of nitrogen functional groups attached to an aromatic ring is 1. The first-order chi connectivity index (χ1) is 38.2. The molecular weight excluding hydrogens is 1080 g/mol. The highest BCUT2D eigenvalue weighted by molar-refractivity contribution is 7.23. The number of carbonyl (C=O) groups is 3. The van der Waals surface area contributed by atoms with E-state index >= 15 is 13.2 Å². The van der Waals surface area contributed by atoms with Gasteiger partial charge < -0.3 is 39.4 Å². The lowest BCUT2D eigenvalue weighted by Crippen LogP contribution is -2.54. The highest BCUT2D eigenvalue weighted by Crippen LogP contribution is 2.47. The highest BCUT2D eigenvalue weighted by Gasteiger charge is 2.50. The minimum atomic E-state index is -2.02. The molecule has 0 spiro atoms. The third-order valence-corrected chi connectivity index (χ3v) is 17.7. The monoisotopic (exact) mass is 1130 g/mol. The summed E-state index contributed by atoms with van der Waals surface area (Å²) in [4.78, 5) is 73.1. The number of nitrogens with one attached hydrogen (secondary N) is 1. The molecule has 5 atom stereocenters. The molecule has 0 unspecified atom stereocenters. The predicted octanol–water partition coefficient (Wildman–Crippen LogP) is 8.61. The molecular formula is C56H49ClF4N10O8S. The maximum absolute atomic E-state index is 17.5. The predicted molar refractivity (Wildman–Crippen MR) is 290 cm³/mol. The van der Waals surface area contributed by atoms with Crippen LogP contribution in [-0.4, -0.2) is 116 Å². The van der Waals surface area contributed by atoms with Crippen molar-refractivity contribution in [3.8, 4) is 34.6 Å². The Morgan fingerprint density at radius 3 is 2.66 bits per heavy atom. The number of nitrogens with two attached hydrogens (primary N) is 1. The molecule has 5 aliphatic heterocycles. The number of aromatic nitrogens is 4. The van der Waals surface area contributed by atoms with Crippen molar-refractivity contribution in [2.24, 2.45) is 0 Å². The van der Waals surface area contributed by atoms with Crippen LogP contribution in [0.15, 0.2) is 59.4 Å². The van der Waals surface area contributed by atoms with Gasteiger partial charge in [0, 0.05) is 77.6 Å². The molecule has 0 aliphatic carbocycles. The number of alkyl halides is 1. The lowest BCUT2D eigenvalue weighted by atomic mass is 9.86. The van der Waals surface area contributed by atoms with E-state index in [0.717, 1.165) is 29.9 Å². The molecule has 12 rings (SSSR count). The molecule has 3 fully saturated rings. The van der Waals surface area contributed by atoms with Gasteiger partial charge >= 0.3 is 18.1 Å². The Bertz CT molecular complexity index is 4010. The molecule has 9 heterocycles. The number of thiophene rings is 1. The number of hydrogen-bond donors (Lipinski definition) is 3. The van der Waals surface area contributed by atoms with E-state index in [9.17, 15) is 33.9 Å². The van der Waals surface area contributed by atoms with Gasteiger partial charge in [0.25, 0.3) is 11.5 Å². The molecule has 2 amide bonds. The van der Waals surface area contributed by atoms with Crippen LogP contribution in [0, 0.1) is 28.8 Å². The van der Waals surface area contributed by atoms with Crippen molar-refractivity contribution in [1.29, 1.82) is 5.26 Å². The molecule has 5 aliphatic rings. The van der Waals surface area contributed by atoms with Gasteiger partial charge in [-0.05, 0) is 75.5 Å². The molecule has 0 radical (unpaired) electrons. The molecule has 4 aromatic heterocycles. The summed E-state index contributed by atoms with van der Waals surface area (Å²) in [6.07, 6.45) is -1.57. The number of rotatable bonds is 10. The number of cyclic esters (lactones) is 1. The van der Waals surface area contributed by atoms with E-state index in [1.54, 1.807) is 19.1 Å². The lowest BCUT2D eigenvalue weighted by molar-refractivity contribution is -0.172. The van der Waals surface area contributed by atoms with Gasteiger partial charge in [-0.2, -0.15) is 15.2 Å². The largest absolute Gasteiger partial charge is 0.461 e. The number of carbonyl (C=O) groups excluding carboxylic acids is 3. The standard InChI is InChI=1S/C56H49ClF4N10O8S/c1-5-56(76)35-16-41-45-29(21-71(41)51(73)34(35)23-77-52(56)74)13-28-14-40(38(60)17-39(28)64-45)65-54(75)79-27(4)26(3)50(72)68-11-12-70(25(2)20-68)49-32-15-36(57)43(31-7-8-37(59)47-42(31)33(19-62)48(63)80-47)44(61)46(32)66-53(67-49)78-24-55-9-6-10-69(55)22-30(58)18-55/h7-8,13-17,25,27,30,76H,3,5-6,9-12,18,20-24,63H2,1-2,4H3,(H,65,75)/t25-,27+,30+,55-,56-/m0/s1. The summed E-state index contributed by atoms with van der Waals surface area (Å²) in [5.41, 5.74) is 4.23. The molecule has 0 saturated carbocycles. The number of nitrogens with zero attached hydrogens (tertiary/aromatic N) is 8. The maximum Gasteiger partial charge on any atom is 0.412 e. The Kier molecular flexibility index (Phi) is 12.8. The van der Waals surface area contributed by atoms with E-state index in [1.165, 1.54) is 34.6 Å². The van der Waals surface area contributed by atoms with Gasteiger partial charge in [0.2, 0.25) is 0 Å². The molecule has 80 heavy (non-hydrogen) atoms. The van der Waals surface area contributed by atoms with Crippen LogP contribution in [0.3, 0.4) is 0 Å². The molecule has 412 valence electrons. The maximum atomic E-state index is 17.5. The van der Waals surface area contributed by atoms with Gasteiger partial charge in [0.05, 0.1) is 61.1 Å². The third-order valence-electron chi connectivity index (χ3n) is 16.3. The molecule has 7 aromatic rings. The zero-order valence-corrected chi connectivity index (χ0v) is 44.8. The van der Waals surface area contributed by atoms with Gasteiger partial charge in [0.15, 0.2) is 11.4 Å². The first-order valence-corrected chi connectivity index (χ1v) is 27.1. The minimum absolute atomic E-state index is 0.0306. The Hall–Kier alpha value is -7.91. The zero-order valence-electron chi connectivity index (χ0n) is 43.2. The first kappa shape index (κ1) is 52.8. The van der Waals surface area contributed by atoms with E-state index < -0.39 is 70.4 Å². The van der Waals surface area contributed by atoms with Crippen LogP contribution < -0.4 is 26.2 Å². The average Bonchev–Trinajstić information content (AvgIpc) is 4.31. The summed E-state index contributed by atoms with van der Waals surface area (Å²) in [7, 11) is 0. The van der Waals surface area contributed by atoms with Crippen molar-refractivity contribution in [3.05, 3.63) is 110 Å². The summed E-state index contributed by atoms with van der Waals surface area (Å²) in [6.45, 7) is 9.94. The number of piperazine rings is 1. The van der Waals surface area contributed by atoms with E-state index in [4.69, 9.17) is 36.5 Å². The number of hydrogen-bond acceptors (Lipinski definition) is 16. The highest BCUT2D eigenvalue weighted by atomic mass is 35.5. The smallest absolute Gasteiger partial charge is 0.412 e. The van der Waals surface area contributed by atoms with Crippen molar-refractivity contribution < 1.29 is 51.3 Å². The fourth-order valence-corrected chi connectivity index (χ4v) is 13.4. The molecule has 4 N–H and O–H groups in total. The van der Waals surface area contributed by atoms with Crippen LogP contribution in [0.2, 0.25) is 5.02 Å². The summed E-state index contributed by atoms with van der Waals surface area (Å²) >= 11 is 7.82. The van der Waals surface area contributed by atoms with Crippen molar-refractivity contribution in [3.63, 3.8) is 0 Å². The summed E-state index contributed by atoms with van der Waals surface area (Å²) < 4.78 is 81.7. The molecule has 0 bridgehead atoms. The summed E-state index contributed by atoms with van der Waals surface area (Å²) in [5, 5.41) is 24.3. The first-order valence-electron chi connectivity index (χ1n) is 25.9. The van der Waals surface area contributed by atoms with Gasteiger partial charge in [-0.15, -0.1) is 11.3 Å². The van der Waals surface area contributed by atoms with E-state index in [2.05, 4.69) is 26.8 Å². The Morgan fingerprint density at radius 1 is 1.10 bits per heavy atom. The number of esters is 1. The van der Waals surface area contributed by atoms with Crippen molar-refractivity contribution in [2.45, 2.75) is 89.1 Å². The summed E-state index contributed by atoms with van der Waals surface area (Å²) in [6, 6.07) is 11.0. The number of nitriles is 1. The number of aliphatic hydroxyl groups is 1. The number of halogens is 5. The number of pyridine rings is 2. The minimum Gasteiger partial charge on any atom is -0.461 e. The van der Waals surface area contributed by atoms with E-state index in [1.807, 2.05) is 17.9 Å². The number of amides is 2. The van der Waals surface area contributed by atoms with Crippen LogP contribution in [0.4, 0.5) is 38.9 Å². The Morgan fingerprint density at radius 2 is 1.90 bits per heavy atom. The van der Waals surface area contributed by atoms with Crippen molar-refractivity contribution in [2.75, 3.05) is 55.3 Å². The Balaban J connectivity index is 0.766. The SMILES string of the molecule is C=C(C(=O)N1CCN(c2nc(OC[C@@]34CCCN3C[C@H](F)C4)nc3c(F)c(-c4ccc(F)c5sc(N)c(C#N)c45)c(Cl)cc23)[C@@H](C)C1)[C@@H](C)OC(=O)Nc1cc2cc3c(nc2cc1F)-c1cc2c(c(=O)n1C3)COC(=O)[C@]2(O)CC. The van der Waals surface area contributed by atoms with E-state index in [0.29, 0.717) is 35.3 Å². The van der Waals surface area contributed by atoms with Crippen LogP contribution in [-0.2, 0) is 37.8 Å². The lowest BCUT2D eigenvalue weighted by Gasteiger charge is -2.41. The van der Waals surface area contributed by atoms with Crippen LogP contribution in [0.25, 0.3) is 54.4 Å². The number of fused-ring (bicyclic) bond motifs is 8. The van der Waals surface area contributed by atoms with Crippen molar-refractivity contribution >= 4 is 89.3 Å². The van der Waals surface area contributed by atoms with Crippen LogP contribution >= 0.6 is 22.9 Å².